The first-order chi connectivity index (χ1) is 11.4. The van der Waals surface area contributed by atoms with Crippen LogP contribution < -0.4 is 5.32 Å². The lowest BCUT2D eigenvalue weighted by Gasteiger charge is -1.98. The van der Waals surface area contributed by atoms with Gasteiger partial charge in [0.15, 0.2) is 0 Å². The Morgan fingerprint density at radius 1 is 0.565 bits per heavy atom. The van der Waals surface area contributed by atoms with Gasteiger partial charge in [0.05, 0.1) is 0 Å². The lowest BCUT2D eigenvalue weighted by molar-refractivity contribution is 0.645. The van der Waals surface area contributed by atoms with Crippen LogP contribution in [0.25, 0.3) is 0 Å². The van der Waals surface area contributed by atoms with Crippen LogP contribution >= 0.6 is 0 Å². The van der Waals surface area contributed by atoms with Gasteiger partial charge in [0.25, 0.3) is 0 Å². The zero-order valence-corrected chi connectivity index (χ0v) is 15.3. The summed E-state index contributed by atoms with van der Waals surface area (Å²) in [6.07, 6.45) is 31.6. The Kier molecular flexibility index (Phi) is 19.5. The summed E-state index contributed by atoms with van der Waals surface area (Å²) in [7, 11) is 0. The van der Waals surface area contributed by atoms with E-state index >= 15 is 0 Å². The van der Waals surface area contributed by atoms with E-state index in [-0.39, 0.29) is 0 Å². The molecule has 1 N–H and O–H groups in total. The standard InChI is InChI=1S/C22H37N/c1-3-5-6-7-8-9-10-11-12-13-14-15-16-17-18-19-20-21-22-23-4-2/h5-6,8-9,11-12,14-15,17-18,23H,3-4,7,10,13,16,19-22H2,1-2H3/b6-5-,9-8?,12-11?,15-14-,18-17-. The minimum Gasteiger partial charge on any atom is -0.317 e. The molecule has 0 rings (SSSR count). The molecule has 130 valence electrons. The van der Waals surface area contributed by atoms with E-state index in [4.69, 9.17) is 0 Å². The highest BCUT2D eigenvalue weighted by molar-refractivity contribution is 5.00. The third-order valence-electron chi connectivity index (χ3n) is 3.38. The van der Waals surface area contributed by atoms with Crippen LogP contribution in [-0.2, 0) is 0 Å². The largest absolute Gasteiger partial charge is 0.317 e. The molecule has 0 bridgehead atoms. The second-order valence-corrected chi connectivity index (χ2v) is 5.56. The summed E-state index contributed by atoms with van der Waals surface area (Å²) in [5.74, 6) is 0. The van der Waals surface area contributed by atoms with Gasteiger partial charge in [-0.3, -0.25) is 0 Å². The fourth-order valence-corrected chi connectivity index (χ4v) is 2.06. The van der Waals surface area contributed by atoms with Crippen molar-refractivity contribution in [1.29, 1.82) is 0 Å². The van der Waals surface area contributed by atoms with Crippen LogP contribution in [0.1, 0.15) is 65.2 Å². The van der Waals surface area contributed by atoms with Crippen molar-refractivity contribution in [3.8, 4) is 0 Å². The van der Waals surface area contributed by atoms with Crippen molar-refractivity contribution >= 4 is 0 Å². The first-order valence-electron chi connectivity index (χ1n) is 9.37. The molecule has 0 aliphatic carbocycles. The Bertz CT molecular complexity index is 358. The van der Waals surface area contributed by atoms with E-state index in [9.17, 15) is 0 Å². The van der Waals surface area contributed by atoms with Crippen LogP contribution in [0.15, 0.2) is 60.8 Å². The van der Waals surface area contributed by atoms with Crippen molar-refractivity contribution in [3.05, 3.63) is 60.8 Å². The molecule has 0 aromatic rings. The second kappa shape index (κ2) is 20.7. The number of nitrogens with one attached hydrogen (secondary N) is 1. The smallest absolute Gasteiger partial charge is 0.00489 e. The molecule has 0 aromatic heterocycles. The number of hydrogen-bond donors (Lipinski definition) is 1. The van der Waals surface area contributed by atoms with Crippen molar-refractivity contribution in [2.24, 2.45) is 0 Å². The molecule has 0 atom stereocenters. The van der Waals surface area contributed by atoms with Gasteiger partial charge < -0.3 is 5.32 Å². The third kappa shape index (κ3) is 20.7. The Morgan fingerprint density at radius 2 is 1.04 bits per heavy atom. The molecule has 0 aromatic carbocycles. The van der Waals surface area contributed by atoms with Gasteiger partial charge in [-0.15, -0.1) is 0 Å². The first-order valence-corrected chi connectivity index (χ1v) is 9.37. The van der Waals surface area contributed by atoms with E-state index in [1.165, 1.54) is 19.3 Å². The average Bonchev–Trinajstić information content (AvgIpc) is 2.57. The van der Waals surface area contributed by atoms with Gasteiger partial charge in [-0.05, 0) is 64.5 Å². The molecule has 0 fully saturated rings. The van der Waals surface area contributed by atoms with Gasteiger partial charge in [0, 0.05) is 0 Å². The lowest BCUT2D eigenvalue weighted by atomic mass is 10.2. The fraction of sp³-hybridized carbons (Fsp3) is 0.545. The molecule has 0 amide bonds. The van der Waals surface area contributed by atoms with Gasteiger partial charge in [-0.1, -0.05) is 74.6 Å². The normalized spacial score (nSPS) is 13.0. The number of hydrogen-bond acceptors (Lipinski definition) is 1. The van der Waals surface area contributed by atoms with Crippen molar-refractivity contribution in [1.82, 2.24) is 5.32 Å². The van der Waals surface area contributed by atoms with E-state index in [0.717, 1.165) is 45.2 Å². The maximum Gasteiger partial charge on any atom is -0.00489 e. The average molecular weight is 316 g/mol. The molecule has 0 unspecified atom stereocenters. The van der Waals surface area contributed by atoms with Gasteiger partial charge in [-0.2, -0.15) is 0 Å². The van der Waals surface area contributed by atoms with E-state index in [2.05, 4.69) is 79.9 Å². The quantitative estimate of drug-likeness (QED) is 0.268. The molecule has 0 heterocycles. The molecule has 0 aliphatic heterocycles. The molecule has 0 spiro atoms. The van der Waals surface area contributed by atoms with Crippen LogP contribution in [0.5, 0.6) is 0 Å². The highest BCUT2D eigenvalue weighted by Gasteiger charge is 1.84. The molecule has 1 heteroatoms. The summed E-state index contributed by atoms with van der Waals surface area (Å²) in [4.78, 5) is 0. The Labute approximate surface area is 145 Å². The molecule has 0 radical (unpaired) electrons. The van der Waals surface area contributed by atoms with Crippen molar-refractivity contribution in [3.63, 3.8) is 0 Å². The molecule has 0 aliphatic rings. The Hall–Kier alpha value is -1.34. The van der Waals surface area contributed by atoms with Crippen LogP contribution in [0.2, 0.25) is 0 Å². The highest BCUT2D eigenvalue weighted by atomic mass is 14.8. The fourth-order valence-electron chi connectivity index (χ4n) is 2.06. The highest BCUT2D eigenvalue weighted by Crippen LogP contribution is 1.98. The van der Waals surface area contributed by atoms with Crippen molar-refractivity contribution in [2.45, 2.75) is 65.2 Å². The molecule has 23 heavy (non-hydrogen) atoms. The van der Waals surface area contributed by atoms with E-state index < -0.39 is 0 Å². The molecule has 0 saturated carbocycles. The van der Waals surface area contributed by atoms with Gasteiger partial charge in [0.2, 0.25) is 0 Å². The number of rotatable bonds is 15. The van der Waals surface area contributed by atoms with Gasteiger partial charge >= 0.3 is 0 Å². The molecule has 0 saturated heterocycles. The van der Waals surface area contributed by atoms with Crippen LogP contribution in [-0.4, -0.2) is 13.1 Å². The topological polar surface area (TPSA) is 12.0 Å². The first kappa shape index (κ1) is 21.7. The van der Waals surface area contributed by atoms with Gasteiger partial charge in [0.1, 0.15) is 0 Å². The second-order valence-electron chi connectivity index (χ2n) is 5.56. The van der Waals surface area contributed by atoms with Crippen molar-refractivity contribution in [2.75, 3.05) is 13.1 Å². The van der Waals surface area contributed by atoms with E-state index in [0.29, 0.717) is 0 Å². The predicted molar refractivity (Wildman–Crippen MR) is 107 cm³/mol. The summed E-state index contributed by atoms with van der Waals surface area (Å²) < 4.78 is 0. The van der Waals surface area contributed by atoms with Crippen LogP contribution in [0.3, 0.4) is 0 Å². The minimum absolute atomic E-state index is 1.04. The number of allylic oxidation sites excluding steroid dienone is 10. The van der Waals surface area contributed by atoms with Crippen molar-refractivity contribution < 1.29 is 0 Å². The predicted octanol–water partition coefficient (Wildman–Crippen LogP) is 6.52. The number of unbranched alkanes of at least 4 members (excludes halogenated alkanes) is 2. The van der Waals surface area contributed by atoms with Crippen LogP contribution in [0, 0.1) is 0 Å². The maximum atomic E-state index is 3.35. The van der Waals surface area contributed by atoms with E-state index in [1.54, 1.807) is 0 Å². The summed E-state index contributed by atoms with van der Waals surface area (Å²) in [6.45, 7) is 6.56. The van der Waals surface area contributed by atoms with E-state index in [1.807, 2.05) is 0 Å². The molecular weight excluding hydrogens is 278 g/mol. The summed E-state index contributed by atoms with van der Waals surface area (Å²) in [5, 5.41) is 3.35. The SMILES string of the molecule is CC/C=C\CC=CCC=CC/C=C\C/C=C\CCCCNCC. The van der Waals surface area contributed by atoms with Gasteiger partial charge in [-0.25, -0.2) is 0 Å². The van der Waals surface area contributed by atoms with Crippen LogP contribution in [0.4, 0.5) is 0 Å². The molecular formula is C22H37N. The maximum absolute atomic E-state index is 3.35. The third-order valence-corrected chi connectivity index (χ3v) is 3.38. The zero-order chi connectivity index (χ0) is 16.8. The minimum atomic E-state index is 1.04. The summed E-state index contributed by atoms with van der Waals surface area (Å²) in [6, 6.07) is 0. The Balaban J connectivity index is 3.39. The Morgan fingerprint density at radius 3 is 1.52 bits per heavy atom. The molecule has 1 nitrogen and oxygen atoms in total. The summed E-state index contributed by atoms with van der Waals surface area (Å²) >= 11 is 0. The monoisotopic (exact) mass is 315 g/mol. The summed E-state index contributed by atoms with van der Waals surface area (Å²) in [5.41, 5.74) is 0. The zero-order valence-electron chi connectivity index (χ0n) is 15.3. The lowest BCUT2D eigenvalue weighted by Crippen LogP contribution is -2.13.